The summed E-state index contributed by atoms with van der Waals surface area (Å²) in [5.74, 6) is -0.684. The number of nitrogens with zero attached hydrogens (tertiary/aromatic N) is 1. The Bertz CT molecular complexity index is 1590. The molecule has 2 heterocycles. The number of amides is 1. The Kier molecular flexibility index (Phi) is 5.99. The van der Waals surface area contributed by atoms with Crippen LogP contribution in [0.1, 0.15) is 60.8 Å². The van der Waals surface area contributed by atoms with Crippen LogP contribution in [0.4, 0.5) is 4.39 Å². The molecule has 0 fully saturated rings. The Balaban J connectivity index is 1.96. The Morgan fingerprint density at radius 2 is 1.89 bits per heavy atom. The molecule has 0 saturated carbocycles. The van der Waals surface area contributed by atoms with Crippen LogP contribution in [0, 0.1) is 12.7 Å². The molecule has 1 aliphatic rings. The van der Waals surface area contributed by atoms with E-state index >= 15 is 4.39 Å². The fraction of sp³-hybridized carbons (Fsp3) is 0.300. The van der Waals surface area contributed by atoms with Gasteiger partial charge in [-0.15, -0.1) is 0 Å². The predicted molar refractivity (Wildman–Crippen MR) is 141 cm³/mol. The van der Waals surface area contributed by atoms with Crippen LogP contribution in [0.5, 0.6) is 5.75 Å². The van der Waals surface area contributed by atoms with Crippen molar-refractivity contribution in [2.75, 3.05) is 6.61 Å². The van der Waals surface area contributed by atoms with Crippen molar-refractivity contribution in [2.24, 2.45) is 5.73 Å². The number of hydrogen-bond acceptors (Lipinski definition) is 5. The second kappa shape index (κ2) is 8.92. The highest BCUT2D eigenvalue weighted by Gasteiger charge is 2.32. The van der Waals surface area contributed by atoms with Crippen LogP contribution in [0.3, 0.4) is 0 Å². The molecular formula is C30H29FN2O4. The number of halogens is 1. The van der Waals surface area contributed by atoms with Gasteiger partial charge in [0.15, 0.2) is 5.78 Å². The van der Waals surface area contributed by atoms with Gasteiger partial charge < -0.3 is 15.2 Å². The molecule has 1 aliphatic heterocycles. The molecule has 4 aromatic rings. The second-order valence-corrected chi connectivity index (χ2v) is 10.5. The van der Waals surface area contributed by atoms with Crippen LogP contribution in [0.25, 0.3) is 32.8 Å². The van der Waals surface area contributed by atoms with Gasteiger partial charge >= 0.3 is 0 Å². The van der Waals surface area contributed by atoms with Gasteiger partial charge in [0.25, 0.3) is 0 Å². The smallest absolute Gasteiger partial charge is 0.248 e. The largest absolute Gasteiger partial charge is 0.493 e. The Morgan fingerprint density at radius 1 is 1.14 bits per heavy atom. The van der Waals surface area contributed by atoms with Crippen molar-refractivity contribution >= 4 is 33.4 Å². The lowest BCUT2D eigenvalue weighted by molar-refractivity contribution is -0.138. The molecule has 0 aliphatic carbocycles. The van der Waals surface area contributed by atoms with Crippen molar-refractivity contribution in [1.29, 1.82) is 0 Å². The quantitative estimate of drug-likeness (QED) is 0.364. The zero-order chi connectivity index (χ0) is 26.6. The van der Waals surface area contributed by atoms with Gasteiger partial charge in [-0.3, -0.25) is 14.6 Å². The van der Waals surface area contributed by atoms with Crippen LogP contribution in [0.2, 0.25) is 0 Å². The Hall–Kier alpha value is -3.84. The lowest BCUT2D eigenvalue weighted by Gasteiger charge is -2.30. The number of primary amides is 1. The number of nitrogens with two attached hydrogens (primary N) is 1. The molecule has 1 amide bonds. The number of aromatic nitrogens is 1. The van der Waals surface area contributed by atoms with Crippen molar-refractivity contribution < 1.29 is 23.5 Å². The van der Waals surface area contributed by atoms with E-state index in [1.165, 1.54) is 13.0 Å². The maximum atomic E-state index is 16.0. The fourth-order valence-electron chi connectivity index (χ4n) is 5.17. The minimum Gasteiger partial charge on any atom is -0.493 e. The van der Waals surface area contributed by atoms with Crippen molar-refractivity contribution in [2.45, 2.75) is 52.7 Å². The van der Waals surface area contributed by atoms with Crippen LogP contribution >= 0.6 is 0 Å². The molecule has 7 heteroatoms. The summed E-state index contributed by atoms with van der Waals surface area (Å²) in [4.78, 5) is 29.7. The van der Waals surface area contributed by atoms with Crippen molar-refractivity contribution in [3.63, 3.8) is 0 Å². The average Bonchev–Trinajstić information content (AvgIpc) is 2.85. The van der Waals surface area contributed by atoms with E-state index in [0.29, 0.717) is 28.6 Å². The lowest BCUT2D eigenvalue weighted by atomic mass is 9.84. The Morgan fingerprint density at radius 3 is 2.57 bits per heavy atom. The molecular weight excluding hydrogens is 471 g/mol. The molecule has 0 spiro atoms. The molecule has 0 saturated heterocycles. The molecule has 1 aromatic heterocycles. The average molecular weight is 501 g/mol. The lowest BCUT2D eigenvalue weighted by Crippen LogP contribution is -2.27. The standard InChI is InChI=1S/C30H29FN2O4/c1-15-23(28(16(2)34)37-30(3,4)5)25(19-7-6-18(29(32)35)14-21(19)26(15)31)20-8-9-22-24-17(11-13-36-22)10-12-33-27(20)24/h6-10,12,14,28H,11,13H2,1-5H3,(H2,32,35). The molecule has 5 rings (SSSR count). The van der Waals surface area contributed by atoms with Crippen LogP contribution in [-0.4, -0.2) is 28.9 Å². The first kappa shape index (κ1) is 24.8. The first-order valence-corrected chi connectivity index (χ1v) is 12.3. The van der Waals surface area contributed by atoms with Crippen LogP contribution in [0.15, 0.2) is 42.6 Å². The van der Waals surface area contributed by atoms with E-state index in [1.807, 2.05) is 39.0 Å². The summed E-state index contributed by atoms with van der Waals surface area (Å²) in [7, 11) is 0. The second-order valence-electron chi connectivity index (χ2n) is 10.5. The molecule has 3 aromatic carbocycles. The van der Waals surface area contributed by atoms with E-state index in [1.54, 1.807) is 25.3 Å². The zero-order valence-electron chi connectivity index (χ0n) is 21.6. The number of ketones is 1. The van der Waals surface area contributed by atoms with Crippen molar-refractivity contribution in [3.8, 4) is 16.9 Å². The van der Waals surface area contributed by atoms with E-state index in [9.17, 15) is 9.59 Å². The fourth-order valence-corrected chi connectivity index (χ4v) is 5.17. The number of hydrogen-bond donors (Lipinski definition) is 1. The molecule has 37 heavy (non-hydrogen) atoms. The van der Waals surface area contributed by atoms with Crippen molar-refractivity contribution in [3.05, 3.63) is 70.7 Å². The monoisotopic (exact) mass is 500 g/mol. The third-order valence-electron chi connectivity index (χ3n) is 6.75. The van der Waals surface area contributed by atoms with E-state index in [0.717, 1.165) is 28.7 Å². The number of carbonyl (C=O) groups is 2. The van der Waals surface area contributed by atoms with Crippen molar-refractivity contribution in [1.82, 2.24) is 4.98 Å². The van der Waals surface area contributed by atoms with Gasteiger partial charge in [0.05, 0.1) is 17.7 Å². The number of Topliss-reactive ketones (excluding diaryl/α,β-unsaturated/α-hetero) is 1. The minimum atomic E-state index is -1.02. The Labute approximate surface area is 214 Å². The third kappa shape index (κ3) is 4.23. The third-order valence-corrected chi connectivity index (χ3v) is 6.75. The molecule has 6 nitrogen and oxygen atoms in total. The van der Waals surface area contributed by atoms with Gasteiger partial charge in [-0.1, -0.05) is 6.07 Å². The summed E-state index contributed by atoms with van der Waals surface area (Å²) >= 11 is 0. The molecule has 1 atom stereocenters. The summed E-state index contributed by atoms with van der Waals surface area (Å²) in [6.07, 6.45) is 1.48. The highest BCUT2D eigenvalue weighted by atomic mass is 19.1. The molecule has 0 bridgehead atoms. The normalized spacial score (nSPS) is 14.0. The predicted octanol–water partition coefficient (Wildman–Crippen LogP) is 5.98. The molecule has 0 radical (unpaired) electrons. The highest BCUT2D eigenvalue weighted by Crippen LogP contribution is 2.46. The van der Waals surface area contributed by atoms with E-state index < -0.39 is 23.4 Å². The molecule has 190 valence electrons. The van der Waals surface area contributed by atoms with Gasteiger partial charge in [0.2, 0.25) is 5.91 Å². The summed E-state index contributed by atoms with van der Waals surface area (Å²) < 4.78 is 28.2. The van der Waals surface area contributed by atoms with Crippen LogP contribution in [-0.2, 0) is 16.0 Å². The van der Waals surface area contributed by atoms with E-state index in [4.69, 9.17) is 20.2 Å². The number of carbonyl (C=O) groups excluding carboxylic acids is 2. The topological polar surface area (TPSA) is 91.5 Å². The number of ether oxygens (including phenoxy) is 2. The van der Waals surface area contributed by atoms with Crippen LogP contribution < -0.4 is 10.5 Å². The first-order chi connectivity index (χ1) is 17.5. The maximum absolute atomic E-state index is 16.0. The summed E-state index contributed by atoms with van der Waals surface area (Å²) in [6.45, 7) is 9.23. The maximum Gasteiger partial charge on any atom is 0.248 e. The van der Waals surface area contributed by atoms with Gasteiger partial charge in [0.1, 0.15) is 17.7 Å². The number of fused-ring (bicyclic) bond motifs is 1. The SMILES string of the molecule is CC(=O)C(OC(C)(C)C)c1c(C)c(F)c2cc(C(N)=O)ccc2c1-c1ccc2c3c(ccnc13)CCO2. The minimum absolute atomic E-state index is 0.196. The molecule has 2 N–H and O–H groups in total. The number of pyridine rings is 1. The van der Waals surface area contributed by atoms with E-state index in [2.05, 4.69) is 0 Å². The molecule has 1 unspecified atom stereocenters. The highest BCUT2D eigenvalue weighted by molar-refractivity contribution is 6.10. The van der Waals surface area contributed by atoms with Gasteiger partial charge in [-0.2, -0.15) is 0 Å². The number of benzene rings is 3. The summed E-state index contributed by atoms with van der Waals surface area (Å²) in [6, 6.07) is 10.5. The van der Waals surface area contributed by atoms with E-state index in [-0.39, 0.29) is 22.3 Å². The summed E-state index contributed by atoms with van der Waals surface area (Å²) in [5.41, 5.74) is 8.91. The number of rotatable bonds is 5. The summed E-state index contributed by atoms with van der Waals surface area (Å²) in [5, 5.41) is 1.67. The first-order valence-electron chi connectivity index (χ1n) is 12.3. The van der Waals surface area contributed by atoms with Gasteiger partial charge in [0, 0.05) is 40.1 Å². The van der Waals surface area contributed by atoms with Gasteiger partial charge in [-0.05, 0) is 87.0 Å². The van der Waals surface area contributed by atoms with Gasteiger partial charge in [-0.25, -0.2) is 4.39 Å². The zero-order valence-corrected chi connectivity index (χ0v) is 21.6.